The van der Waals surface area contributed by atoms with Crippen molar-refractivity contribution in [3.8, 4) is 0 Å². The summed E-state index contributed by atoms with van der Waals surface area (Å²) < 4.78 is 0. The van der Waals surface area contributed by atoms with Crippen LogP contribution in [0.1, 0.15) is 40.7 Å². The van der Waals surface area contributed by atoms with Crippen molar-refractivity contribution in [2.24, 2.45) is 5.92 Å². The topological polar surface area (TPSA) is 0 Å². The third-order valence-corrected chi connectivity index (χ3v) is 5.64. The van der Waals surface area contributed by atoms with E-state index >= 15 is 0 Å². The number of hydrogen-bond acceptors (Lipinski definition) is 1. The number of aryl methyl sites for hydroxylation is 1. The van der Waals surface area contributed by atoms with E-state index in [0.29, 0.717) is 0 Å². The number of rotatable bonds is 1. The molecule has 1 fully saturated rings. The summed E-state index contributed by atoms with van der Waals surface area (Å²) >= 11 is 2.11. The van der Waals surface area contributed by atoms with E-state index in [4.69, 9.17) is 0 Å². The summed E-state index contributed by atoms with van der Waals surface area (Å²) in [5.41, 5.74) is 7.57. The van der Waals surface area contributed by atoms with Gasteiger partial charge in [0.1, 0.15) is 0 Å². The standard InChI is InChI=1S/C15H22S/c1-9-6-14(13(5)12(4)11(9)3)15-8-16-7-10(15)2/h6,10,15H,7-8H2,1-5H3. The first kappa shape index (κ1) is 12.0. The average Bonchev–Trinajstić information content (AvgIpc) is 2.67. The summed E-state index contributed by atoms with van der Waals surface area (Å²) in [6.45, 7) is 11.5. The Hall–Kier alpha value is -0.430. The van der Waals surface area contributed by atoms with Crippen LogP contribution in [0, 0.1) is 33.6 Å². The van der Waals surface area contributed by atoms with Crippen molar-refractivity contribution in [3.63, 3.8) is 0 Å². The summed E-state index contributed by atoms with van der Waals surface area (Å²) in [4.78, 5) is 0. The largest absolute Gasteiger partial charge is 0.161 e. The quantitative estimate of drug-likeness (QED) is 0.694. The van der Waals surface area contributed by atoms with Crippen molar-refractivity contribution in [2.75, 3.05) is 11.5 Å². The van der Waals surface area contributed by atoms with Crippen LogP contribution < -0.4 is 0 Å². The van der Waals surface area contributed by atoms with E-state index in [1.54, 1.807) is 5.56 Å². The number of benzene rings is 1. The molecule has 1 aliphatic rings. The molecule has 0 N–H and O–H groups in total. The number of thioether (sulfide) groups is 1. The fourth-order valence-electron chi connectivity index (χ4n) is 2.69. The van der Waals surface area contributed by atoms with Gasteiger partial charge in [0.05, 0.1) is 0 Å². The zero-order valence-corrected chi connectivity index (χ0v) is 11.9. The normalized spacial score (nSPS) is 25.1. The first-order valence-corrected chi connectivity index (χ1v) is 7.33. The first-order chi connectivity index (χ1) is 7.52. The van der Waals surface area contributed by atoms with Gasteiger partial charge in [-0.2, -0.15) is 11.8 Å². The van der Waals surface area contributed by atoms with Crippen molar-refractivity contribution in [3.05, 3.63) is 33.9 Å². The molecule has 1 heteroatoms. The summed E-state index contributed by atoms with van der Waals surface area (Å²) in [5, 5.41) is 0. The van der Waals surface area contributed by atoms with E-state index in [-0.39, 0.29) is 0 Å². The molecule has 0 amide bonds. The maximum atomic E-state index is 2.44. The molecule has 0 aromatic heterocycles. The maximum Gasteiger partial charge on any atom is 0.000454 e. The van der Waals surface area contributed by atoms with Crippen LogP contribution in [-0.4, -0.2) is 11.5 Å². The average molecular weight is 234 g/mol. The number of hydrogen-bond donors (Lipinski definition) is 0. The van der Waals surface area contributed by atoms with Gasteiger partial charge in [-0.05, 0) is 73.1 Å². The van der Waals surface area contributed by atoms with Crippen molar-refractivity contribution in [1.29, 1.82) is 0 Å². The second kappa shape index (κ2) is 4.44. The highest BCUT2D eigenvalue weighted by Gasteiger charge is 2.27. The molecular weight excluding hydrogens is 212 g/mol. The Kier molecular flexibility index (Phi) is 3.34. The molecule has 1 heterocycles. The van der Waals surface area contributed by atoms with Crippen molar-refractivity contribution < 1.29 is 0 Å². The molecule has 0 spiro atoms. The van der Waals surface area contributed by atoms with Gasteiger partial charge < -0.3 is 0 Å². The van der Waals surface area contributed by atoms with E-state index in [1.807, 2.05) is 0 Å². The Morgan fingerprint density at radius 3 is 2.25 bits per heavy atom. The lowest BCUT2D eigenvalue weighted by Gasteiger charge is -2.21. The van der Waals surface area contributed by atoms with E-state index in [0.717, 1.165) is 11.8 Å². The van der Waals surface area contributed by atoms with Gasteiger partial charge in [0.2, 0.25) is 0 Å². The van der Waals surface area contributed by atoms with E-state index in [9.17, 15) is 0 Å². The maximum absolute atomic E-state index is 2.44. The summed E-state index contributed by atoms with van der Waals surface area (Å²) in [6, 6.07) is 2.44. The van der Waals surface area contributed by atoms with Crippen LogP contribution >= 0.6 is 11.8 Å². The predicted octanol–water partition coefficient (Wildman–Crippen LogP) is 4.39. The van der Waals surface area contributed by atoms with Crippen LogP contribution in [0.3, 0.4) is 0 Å². The fourth-order valence-corrected chi connectivity index (χ4v) is 4.19. The zero-order valence-electron chi connectivity index (χ0n) is 11.1. The third-order valence-electron chi connectivity index (χ3n) is 4.29. The van der Waals surface area contributed by atoms with Gasteiger partial charge in [-0.25, -0.2) is 0 Å². The van der Waals surface area contributed by atoms with Crippen molar-refractivity contribution in [2.45, 2.75) is 40.5 Å². The minimum Gasteiger partial charge on any atom is -0.161 e. The van der Waals surface area contributed by atoms with Crippen LogP contribution in [0.15, 0.2) is 6.07 Å². The second-order valence-corrected chi connectivity index (χ2v) is 6.35. The minimum absolute atomic E-state index is 0.781. The molecule has 88 valence electrons. The highest BCUT2D eigenvalue weighted by molar-refractivity contribution is 7.99. The van der Waals surface area contributed by atoms with Gasteiger partial charge in [0.15, 0.2) is 0 Å². The van der Waals surface area contributed by atoms with E-state index in [2.05, 4.69) is 52.4 Å². The lowest BCUT2D eigenvalue weighted by Crippen LogP contribution is -2.10. The van der Waals surface area contributed by atoms with Crippen LogP contribution in [0.5, 0.6) is 0 Å². The van der Waals surface area contributed by atoms with Crippen LogP contribution in [0.2, 0.25) is 0 Å². The van der Waals surface area contributed by atoms with Crippen LogP contribution in [0.25, 0.3) is 0 Å². The Morgan fingerprint density at radius 2 is 1.69 bits per heavy atom. The lowest BCUT2D eigenvalue weighted by atomic mass is 9.83. The Bertz CT molecular complexity index is 406. The summed E-state index contributed by atoms with van der Waals surface area (Å²) in [5.74, 6) is 4.26. The SMILES string of the molecule is Cc1cc(C2CSCC2C)c(C)c(C)c1C. The van der Waals surface area contributed by atoms with Gasteiger partial charge in [0, 0.05) is 5.75 Å². The van der Waals surface area contributed by atoms with E-state index in [1.165, 1.54) is 33.8 Å². The lowest BCUT2D eigenvalue weighted by molar-refractivity contribution is 0.571. The molecule has 0 aliphatic carbocycles. The summed E-state index contributed by atoms with van der Waals surface area (Å²) in [6.07, 6.45) is 0. The monoisotopic (exact) mass is 234 g/mol. The molecule has 2 unspecified atom stereocenters. The van der Waals surface area contributed by atoms with Crippen LogP contribution in [-0.2, 0) is 0 Å². The highest BCUT2D eigenvalue weighted by Crippen LogP contribution is 2.40. The molecule has 0 nitrogen and oxygen atoms in total. The molecule has 1 aliphatic heterocycles. The predicted molar refractivity (Wildman–Crippen MR) is 74.6 cm³/mol. The van der Waals surface area contributed by atoms with Gasteiger partial charge in [-0.1, -0.05) is 13.0 Å². The molecule has 0 bridgehead atoms. The first-order valence-electron chi connectivity index (χ1n) is 6.17. The molecule has 1 aromatic carbocycles. The van der Waals surface area contributed by atoms with Gasteiger partial charge in [-0.15, -0.1) is 0 Å². The molecule has 1 saturated heterocycles. The van der Waals surface area contributed by atoms with Gasteiger partial charge >= 0.3 is 0 Å². The second-order valence-electron chi connectivity index (χ2n) is 5.28. The van der Waals surface area contributed by atoms with Gasteiger partial charge in [-0.3, -0.25) is 0 Å². The van der Waals surface area contributed by atoms with Gasteiger partial charge in [0.25, 0.3) is 0 Å². The fraction of sp³-hybridized carbons (Fsp3) is 0.600. The van der Waals surface area contributed by atoms with Crippen LogP contribution in [0.4, 0.5) is 0 Å². The Labute approximate surface area is 104 Å². The molecule has 1 aromatic rings. The van der Waals surface area contributed by atoms with Crippen molar-refractivity contribution >= 4 is 11.8 Å². The molecule has 2 rings (SSSR count). The van der Waals surface area contributed by atoms with E-state index < -0.39 is 0 Å². The molecule has 0 radical (unpaired) electrons. The molecule has 0 saturated carbocycles. The molecular formula is C15H22S. The highest BCUT2D eigenvalue weighted by atomic mass is 32.2. The molecule has 2 atom stereocenters. The Balaban J connectivity index is 2.49. The Morgan fingerprint density at radius 1 is 1.00 bits per heavy atom. The summed E-state index contributed by atoms with van der Waals surface area (Å²) in [7, 11) is 0. The smallest absolute Gasteiger partial charge is 0.000454 e. The van der Waals surface area contributed by atoms with Crippen molar-refractivity contribution in [1.82, 2.24) is 0 Å². The minimum atomic E-state index is 0.781. The third kappa shape index (κ3) is 1.90. The zero-order chi connectivity index (χ0) is 11.9. The molecule has 16 heavy (non-hydrogen) atoms.